The van der Waals surface area contributed by atoms with Crippen LogP contribution in [-0.4, -0.2) is 25.7 Å². The molecule has 0 radical (unpaired) electrons. The number of nitrogens with one attached hydrogen (secondary N) is 1. The third-order valence-electron chi connectivity index (χ3n) is 5.82. The first-order chi connectivity index (χ1) is 16.0. The highest BCUT2D eigenvalue weighted by Gasteiger charge is 2.21. The maximum Gasteiger partial charge on any atom is 0.338 e. The molecule has 0 amide bonds. The molecule has 0 spiro atoms. The lowest BCUT2D eigenvalue weighted by molar-refractivity contribution is 0.0527. The molecule has 1 aliphatic heterocycles. The summed E-state index contributed by atoms with van der Waals surface area (Å²) in [6.07, 6.45) is 0. The highest BCUT2D eigenvalue weighted by molar-refractivity contribution is 6.06. The van der Waals surface area contributed by atoms with Crippen molar-refractivity contribution in [2.45, 2.75) is 34.6 Å². The molecule has 0 fully saturated rings. The number of carbonyl (C=O) groups is 1. The highest BCUT2D eigenvalue weighted by Crippen LogP contribution is 2.41. The molecule has 1 aliphatic carbocycles. The Morgan fingerprint density at radius 2 is 1.82 bits per heavy atom. The number of esters is 1. The van der Waals surface area contributed by atoms with Crippen LogP contribution in [0.2, 0.25) is 0 Å². The molecule has 0 bridgehead atoms. The number of ether oxygens (including phenoxy) is 1. The molecular weight excluding hydrogens is 448 g/mol. The summed E-state index contributed by atoms with van der Waals surface area (Å²) < 4.78 is 11.8. The first-order valence-electron chi connectivity index (χ1n) is 11.5. The van der Waals surface area contributed by atoms with E-state index in [4.69, 9.17) is 9.15 Å². The largest absolute Gasteiger partial charge is 0.462 e. The maximum absolute atomic E-state index is 12.8. The second kappa shape index (κ2) is 10.7. The summed E-state index contributed by atoms with van der Waals surface area (Å²) in [7, 11) is 0. The molecule has 2 aromatic carbocycles. The quantitative estimate of drug-likeness (QED) is 0.245. The molecule has 0 unspecified atom stereocenters. The standard InChI is InChI=1S/C28H30N2O3.ClH/c1-6-29-23-15-25-19(13-17(23)4)14-22-26(33-25)16-24(30-7-2)18(5)27(22)20-11-9-10-12-21(20)28(31)32-8-3;/h9-16,30H,6-8H2,1-5H3;1H. The minimum absolute atomic E-state index is 0. The third kappa shape index (κ3) is 4.66. The van der Waals surface area contributed by atoms with Crippen LogP contribution in [0.3, 0.4) is 0 Å². The normalized spacial score (nSPS) is 11.5. The summed E-state index contributed by atoms with van der Waals surface area (Å²) in [5.74, 6) is 0.463. The zero-order valence-electron chi connectivity index (χ0n) is 20.3. The zero-order valence-corrected chi connectivity index (χ0v) is 21.1. The van der Waals surface area contributed by atoms with Gasteiger partial charge in [0.2, 0.25) is 0 Å². The Morgan fingerprint density at radius 3 is 2.53 bits per heavy atom. The lowest BCUT2D eigenvalue weighted by Gasteiger charge is -2.19. The molecule has 34 heavy (non-hydrogen) atoms. The molecule has 5 nitrogen and oxygen atoms in total. The number of hydrogen-bond acceptors (Lipinski definition) is 5. The highest BCUT2D eigenvalue weighted by atomic mass is 35.5. The van der Waals surface area contributed by atoms with E-state index in [1.165, 1.54) is 0 Å². The molecule has 178 valence electrons. The van der Waals surface area contributed by atoms with Crippen LogP contribution >= 0.6 is 12.4 Å². The first-order valence-corrected chi connectivity index (χ1v) is 11.5. The summed E-state index contributed by atoms with van der Waals surface area (Å²) >= 11 is 0. The number of aryl methyl sites for hydroxylation is 1. The van der Waals surface area contributed by atoms with E-state index < -0.39 is 0 Å². The Bertz CT molecular complexity index is 1370. The minimum atomic E-state index is -0.325. The van der Waals surface area contributed by atoms with Crippen molar-refractivity contribution < 1.29 is 13.9 Å². The fraction of sp³-hybridized carbons (Fsp3) is 0.286. The number of anilines is 1. The number of carbonyl (C=O) groups excluding carboxylic acids is 1. The molecule has 6 heteroatoms. The Morgan fingerprint density at radius 1 is 1.06 bits per heavy atom. The Kier molecular flexibility index (Phi) is 8.00. The molecule has 2 aliphatic rings. The van der Waals surface area contributed by atoms with Crippen LogP contribution in [0.1, 0.15) is 42.3 Å². The fourth-order valence-electron chi connectivity index (χ4n) is 4.33. The van der Waals surface area contributed by atoms with E-state index in [1.54, 1.807) is 0 Å². The van der Waals surface area contributed by atoms with Gasteiger partial charge in [0.1, 0.15) is 11.3 Å². The second-order valence-corrected chi connectivity index (χ2v) is 8.03. The Labute approximate surface area is 206 Å². The van der Waals surface area contributed by atoms with E-state index >= 15 is 0 Å². The zero-order chi connectivity index (χ0) is 23.5. The van der Waals surface area contributed by atoms with Gasteiger partial charge in [-0.1, -0.05) is 18.2 Å². The number of hydrogen-bond donors (Lipinski definition) is 1. The van der Waals surface area contributed by atoms with E-state index in [0.717, 1.165) is 68.7 Å². The van der Waals surface area contributed by atoms with Crippen molar-refractivity contribution in [3.63, 3.8) is 0 Å². The predicted octanol–water partition coefficient (Wildman–Crippen LogP) is 6.77. The lowest BCUT2D eigenvalue weighted by atomic mass is 9.90. The second-order valence-electron chi connectivity index (χ2n) is 8.03. The summed E-state index contributed by atoms with van der Waals surface area (Å²) in [5, 5.41) is 5.35. The van der Waals surface area contributed by atoms with Gasteiger partial charge in [0.05, 0.1) is 17.5 Å². The minimum Gasteiger partial charge on any atom is -0.462 e. The molecule has 0 saturated heterocycles. The van der Waals surface area contributed by atoms with Gasteiger partial charge in [0, 0.05) is 41.9 Å². The van der Waals surface area contributed by atoms with Crippen LogP contribution in [0.4, 0.5) is 5.69 Å². The van der Waals surface area contributed by atoms with E-state index in [-0.39, 0.29) is 18.4 Å². The van der Waals surface area contributed by atoms with Gasteiger partial charge in [-0.3, -0.25) is 4.99 Å². The third-order valence-corrected chi connectivity index (χ3v) is 5.82. The maximum atomic E-state index is 12.8. The topological polar surface area (TPSA) is 63.8 Å². The molecule has 2 aromatic rings. The number of fused-ring (bicyclic) bond motifs is 2. The van der Waals surface area contributed by atoms with Gasteiger partial charge in [0.15, 0.2) is 0 Å². The number of halogens is 1. The average molecular weight is 479 g/mol. The van der Waals surface area contributed by atoms with Crippen LogP contribution in [0, 0.1) is 13.8 Å². The SMILES string of the molecule is CCN=c1cc2oc3cc(NCC)c(C)c(-c4ccccc4C(=O)OCC)c3cc-2cc1C.Cl. The fourth-order valence-corrected chi connectivity index (χ4v) is 4.33. The molecule has 0 aromatic heterocycles. The monoisotopic (exact) mass is 478 g/mol. The lowest BCUT2D eigenvalue weighted by Crippen LogP contribution is -2.09. The van der Waals surface area contributed by atoms with Crippen molar-refractivity contribution >= 4 is 35.0 Å². The summed E-state index contributed by atoms with van der Waals surface area (Å²) in [6, 6.07) is 15.9. The van der Waals surface area contributed by atoms with E-state index in [1.807, 2.05) is 50.2 Å². The first kappa shape index (κ1) is 25.3. The van der Waals surface area contributed by atoms with Crippen molar-refractivity contribution in [3.8, 4) is 22.5 Å². The molecule has 0 atom stereocenters. The van der Waals surface area contributed by atoms with E-state index in [9.17, 15) is 4.79 Å². The van der Waals surface area contributed by atoms with Crippen molar-refractivity contribution in [1.29, 1.82) is 0 Å². The molecule has 1 N–H and O–H groups in total. The molecule has 0 saturated carbocycles. The van der Waals surface area contributed by atoms with Gasteiger partial charge in [-0.15, -0.1) is 12.4 Å². The van der Waals surface area contributed by atoms with Crippen LogP contribution in [0.5, 0.6) is 0 Å². The van der Waals surface area contributed by atoms with Crippen molar-refractivity contribution in [1.82, 2.24) is 0 Å². The van der Waals surface area contributed by atoms with Crippen LogP contribution in [-0.2, 0) is 4.74 Å². The van der Waals surface area contributed by atoms with Crippen LogP contribution in [0.15, 0.2) is 57.9 Å². The smallest absolute Gasteiger partial charge is 0.338 e. The van der Waals surface area contributed by atoms with Gasteiger partial charge in [-0.05, 0) is 75.1 Å². The van der Waals surface area contributed by atoms with Gasteiger partial charge in [-0.2, -0.15) is 0 Å². The van der Waals surface area contributed by atoms with Crippen LogP contribution in [0.25, 0.3) is 33.4 Å². The van der Waals surface area contributed by atoms with Gasteiger partial charge < -0.3 is 14.5 Å². The van der Waals surface area contributed by atoms with Gasteiger partial charge in [0.25, 0.3) is 0 Å². The molecule has 4 rings (SSSR count). The van der Waals surface area contributed by atoms with Crippen LogP contribution < -0.4 is 10.7 Å². The van der Waals surface area contributed by atoms with Gasteiger partial charge in [-0.25, -0.2) is 4.79 Å². The number of rotatable bonds is 6. The summed E-state index contributed by atoms with van der Waals surface area (Å²) in [6.45, 7) is 11.9. The summed E-state index contributed by atoms with van der Waals surface area (Å²) in [5.41, 5.74) is 7.25. The van der Waals surface area contributed by atoms with Gasteiger partial charge >= 0.3 is 5.97 Å². The van der Waals surface area contributed by atoms with E-state index in [0.29, 0.717) is 12.2 Å². The number of nitrogens with zero attached hydrogens (tertiary/aromatic N) is 1. The number of benzene rings is 3. The summed E-state index contributed by atoms with van der Waals surface area (Å²) in [4.78, 5) is 17.4. The van der Waals surface area contributed by atoms with Crippen molar-refractivity contribution in [2.24, 2.45) is 4.99 Å². The molecule has 1 heterocycles. The molecular formula is C28H31ClN2O3. The van der Waals surface area contributed by atoms with E-state index in [2.05, 4.69) is 43.2 Å². The Balaban J connectivity index is 0.00000324. The Hall–Kier alpha value is -3.31. The predicted molar refractivity (Wildman–Crippen MR) is 141 cm³/mol. The average Bonchev–Trinajstić information content (AvgIpc) is 2.80. The van der Waals surface area contributed by atoms with Crippen molar-refractivity contribution in [2.75, 3.05) is 25.0 Å². The van der Waals surface area contributed by atoms with Crippen molar-refractivity contribution in [3.05, 3.63) is 70.6 Å².